The van der Waals surface area contributed by atoms with Crippen LogP contribution in [0.3, 0.4) is 0 Å². The number of aromatic amines is 1. The van der Waals surface area contributed by atoms with Gasteiger partial charge in [-0.25, -0.2) is 0 Å². The SMILES string of the molecule is C=C(C)[C@H]1OC2CC[C@@]3(C)[C@@](O)(CCC4[C@@H]5OC(C)(C)[C@H]6C[C@@H]7C(=C)Cc8c(Br)cc9[nH]c(c5c9c8[C@@]76O)[C@@]43C)[C@]23O[C@H]3[C@H]1O. The third-order valence-electron chi connectivity index (χ3n) is 15.2. The number of rotatable bonds is 1. The minimum atomic E-state index is -1.22. The van der Waals surface area contributed by atoms with Crippen LogP contribution in [0.5, 0.6) is 0 Å². The molecule has 4 heterocycles. The lowest BCUT2D eigenvalue weighted by Gasteiger charge is -2.66. The van der Waals surface area contributed by atoms with Gasteiger partial charge in [0.05, 0.1) is 17.8 Å². The lowest BCUT2D eigenvalue weighted by Crippen LogP contribution is -2.76. The number of fused-ring (bicyclic) bond motifs is 5. The molecule has 1 aromatic heterocycles. The van der Waals surface area contributed by atoms with Crippen molar-refractivity contribution in [2.24, 2.45) is 23.2 Å². The molecule has 1 spiro atoms. The van der Waals surface area contributed by atoms with Crippen LogP contribution in [0, 0.1) is 23.2 Å². The molecule has 10 rings (SSSR count). The number of hydrogen-bond acceptors (Lipinski definition) is 6. The van der Waals surface area contributed by atoms with Crippen molar-refractivity contribution in [1.82, 2.24) is 4.98 Å². The third kappa shape index (κ3) is 2.67. The van der Waals surface area contributed by atoms with Gasteiger partial charge in [-0.15, -0.1) is 0 Å². The molecular weight excluding hydrogens is 634 g/mol. The zero-order chi connectivity index (χ0) is 31.6. The predicted molar refractivity (Wildman–Crippen MR) is 172 cm³/mol. The van der Waals surface area contributed by atoms with Crippen molar-refractivity contribution >= 4 is 26.8 Å². The first-order valence-corrected chi connectivity index (χ1v) is 17.7. The molecule has 0 bridgehead atoms. The molecule has 45 heavy (non-hydrogen) atoms. The molecule has 3 aliphatic heterocycles. The van der Waals surface area contributed by atoms with Crippen molar-refractivity contribution in [3.05, 3.63) is 57.2 Å². The quantitative estimate of drug-likeness (QED) is 0.226. The predicted octanol–water partition coefficient (Wildman–Crippen LogP) is 5.77. The molecule has 1 aromatic carbocycles. The number of H-pyrrole nitrogens is 1. The van der Waals surface area contributed by atoms with Gasteiger partial charge in [0, 0.05) is 55.2 Å². The van der Waals surface area contributed by atoms with Crippen LogP contribution in [-0.4, -0.2) is 61.5 Å². The number of hydrogen-bond donors (Lipinski definition) is 4. The molecule has 2 unspecified atom stereocenters. The van der Waals surface area contributed by atoms with E-state index in [1.807, 2.05) is 6.92 Å². The summed E-state index contributed by atoms with van der Waals surface area (Å²) in [5.74, 6) is 0.0728. The van der Waals surface area contributed by atoms with Gasteiger partial charge in [-0.05, 0) is 82.1 Å². The molecule has 240 valence electrons. The Kier molecular flexibility index (Phi) is 4.97. The number of benzene rings is 1. The van der Waals surface area contributed by atoms with E-state index >= 15 is 0 Å². The van der Waals surface area contributed by atoms with Crippen LogP contribution >= 0.6 is 15.9 Å². The average molecular weight is 679 g/mol. The first-order valence-electron chi connectivity index (χ1n) is 16.9. The first-order chi connectivity index (χ1) is 21.1. The molecule has 5 fully saturated rings. The van der Waals surface area contributed by atoms with Crippen LogP contribution in [0.15, 0.2) is 34.8 Å². The Labute approximate surface area is 272 Å². The van der Waals surface area contributed by atoms with E-state index in [2.05, 4.69) is 67.8 Å². The van der Waals surface area contributed by atoms with E-state index in [-0.39, 0.29) is 30.0 Å². The lowest BCUT2D eigenvalue weighted by molar-refractivity contribution is -0.281. The molecule has 3 saturated carbocycles. The maximum absolute atomic E-state index is 13.2. The van der Waals surface area contributed by atoms with Crippen molar-refractivity contribution in [2.45, 2.75) is 131 Å². The fourth-order valence-corrected chi connectivity index (χ4v) is 13.5. The smallest absolute Gasteiger partial charge is 0.153 e. The number of nitrogens with one attached hydrogen (secondary N) is 1. The summed E-state index contributed by atoms with van der Waals surface area (Å²) in [5, 5.41) is 38.6. The normalized spacial score (nSPS) is 52.5. The maximum Gasteiger partial charge on any atom is 0.153 e. The van der Waals surface area contributed by atoms with Crippen LogP contribution in [0.4, 0.5) is 0 Å². The van der Waals surface area contributed by atoms with E-state index in [0.717, 1.165) is 75.4 Å². The molecule has 2 saturated heterocycles. The number of halogens is 1. The first kappa shape index (κ1) is 28.5. The molecule has 0 radical (unpaired) electrons. The van der Waals surface area contributed by atoms with Crippen molar-refractivity contribution in [1.29, 1.82) is 0 Å². The summed E-state index contributed by atoms with van der Waals surface area (Å²) in [7, 11) is 0. The van der Waals surface area contributed by atoms with Crippen LogP contribution in [0.2, 0.25) is 0 Å². The highest BCUT2D eigenvalue weighted by Gasteiger charge is 2.87. The number of ether oxygens (including phenoxy) is 3. The van der Waals surface area contributed by atoms with E-state index in [9.17, 15) is 15.3 Å². The van der Waals surface area contributed by atoms with Gasteiger partial charge in [0.25, 0.3) is 0 Å². The van der Waals surface area contributed by atoms with Crippen molar-refractivity contribution in [2.75, 3.05) is 0 Å². The van der Waals surface area contributed by atoms with Gasteiger partial charge in [-0.3, -0.25) is 0 Å². The molecule has 8 heteroatoms. The molecule has 7 nitrogen and oxygen atoms in total. The monoisotopic (exact) mass is 677 g/mol. The molecule has 2 aromatic rings. The van der Waals surface area contributed by atoms with Crippen molar-refractivity contribution < 1.29 is 29.5 Å². The van der Waals surface area contributed by atoms with E-state index < -0.39 is 51.5 Å². The fourth-order valence-electron chi connectivity index (χ4n) is 12.9. The Morgan fingerprint density at radius 3 is 2.60 bits per heavy atom. The Morgan fingerprint density at radius 2 is 1.87 bits per heavy atom. The average Bonchev–Trinajstić information content (AvgIpc) is 3.55. The van der Waals surface area contributed by atoms with Crippen LogP contribution in [0.1, 0.15) is 95.2 Å². The number of epoxide rings is 1. The third-order valence-corrected chi connectivity index (χ3v) is 15.9. The van der Waals surface area contributed by atoms with E-state index in [0.29, 0.717) is 6.42 Å². The summed E-state index contributed by atoms with van der Waals surface area (Å²) in [4.78, 5) is 3.92. The fraction of sp³-hybridized carbons (Fsp3) is 0.676. The molecule has 8 aliphatic rings. The molecule has 0 amide bonds. The second kappa shape index (κ2) is 7.85. The highest BCUT2D eigenvalue weighted by Crippen LogP contribution is 2.78. The Balaban J connectivity index is 1.21. The molecule has 13 atom stereocenters. The van der Waals surface area contributed by atoms with Gasteiger partial charge < -0.3 is 34.5 Å². The molecular formula is C37H44BrNO6. The van der Waals surface area contributed by atoms with Crippen LogP contribution in [0.25, 0.3) is 10.9 Å². The summed E-state index contributed by atoms with van der Waals surface area (Å²) in [6, 6.07) is 2.18. The van der Waals surface area contributed by atoms with Crippen LogP contribution < -0.4 is 0 Å². The van der Waals surface area contributed by atoms with Gasteiger partial charge in [0.15, 0.2) is 5.60 Å². The largest absolute Gasteiger partial charge is 0.387 e. The van der Waals surface area contributed by atoms with Gasteiger partial charge in [0.1, 0.15) is 29.5 Å². The number of aliphatic hydroxyl groups excluding tert-OH is 1. The Hall–Kier alpha value is -1.52. The second-order valence-electron chi connectivity index (χ2n) is 17.0. The minimum absolute atomic E-state index is 0.0124. The van der Waals surface area contributed by atoms with Crippen molar-refractivity contribution in [3.63, 3.8) is 0 Å². The van der Waals surface area contributed by atoms with E-state index in [1.54, 1.807) is 0 Å². The zero-order valence-electron chi connectivity index (χ0n) is 26.8. The highest BCUT2D eigenvalue weighted by molar-refractivity contribution is 9.10. The minimum Gasteiger partial charge on any atom is -0.387 e. The standard InChI is InChI=1S/C37H44BrNO6/c1-15(2)28-27(40)31-37(45-31)23(43-28)9-10-33(6)34(7)18(8-11-35(33,37)41)29-25-24-21(39-30(25)34)14-20(38)17-12-16(3)19-13-22(32(4,5)44-29)36(19,42)26(17)24/h14,18-19,22-23,27-29,31,39-42H,1,3,8-13H2,2,4-7H3/t18?,19-,22-,23?,27+,28-,29+,31+,33-,34-,35+,36-,37+/m1/s1. The van der Waals surface area contributed by atoms with E-state index in [4.69, 9.17) is 14.2 Å². The van der Waals surface area contributed by atoms with Gasteiger partial charge in [-0.2, -0.15) is 0 Å². The summed E-state index contributed by atoms with van der Waals surface area (Å²) in [6.45, 7) is 19.3. The van der Waals surface area contributed by atoms with Gasteiger partial charge in [0.2, 0.25) is 0 Å². The summed E-state index contributed by atoms with van der Waals surface area (Å²) in [6.07, 6.45) is 2.07. The van der Waals surface area contributed by atoms with Gasteiger partial charge >= 0.3 is 0 Å². The topological polar surface area (TPSA) is 107 Å². The second-order valence-corrected chi connectivity index (χ2v) is 17.8. The lowest BCUT2D eigenvalue weighted by atomic mass is 9.40. The molecule has 4 N–H and O–H groups in total. The maximum atomic E-state index is 13.2. The number of aliphatic hydroxyl groups is 3. The van der Waals surface area contributed by atoms with Crippen molar-refractivity contribution in [3.8, 4) is 0 Å². The van der Waals surface area contributed by atoms with Gasteiger partial charge in [-0.1, -0.05) is 48.5 Å². The summed E-state index contributed by atoms with van der Waals surface area (Å²) in [5.41, 5.74) is 2.48. The van der Waals surface area contributed by atoms with E-state index in [1.165, 1.54) is 5.56 Å². The van der Waals surface area contributed by atoms with Crippen LogP contribution in [-0.2, 0) is 31.6 Å². The Morgan fingerprint density at radius 1 is 1.11 bits per heavy atom. The highest BCUT2D eigenvalue weighted by atomic mass is 79.9. The summed E-state index contributed by atoms with van der Waals surface area (Å²) < 4.78 is 21.4. The molecule has 5 aliphatic carbocycles. The Bertz CT molecular complexity index is 1800. The zero-order valence-corrected chi connectivity index (χ0v) is 28.4. The summed E-state index contributed by atoms with van der Waals surface area (Å²) >= 11 is 3.91. The number of aromatic nitrogens is 1.